The van der Waals surface area contributed by atoms with Crippen molar-refractivity contribution in [2.24, 2.45) is 11.7 Å². The van der Waals surface area contributed by atoms with Gasteiger partial charge in [0, 0.05) is 11.9 Å². The number of ether oxygens (including phenoxy) is 1. The van der Waals surface area contributed by atoms with Gasteiger partial charge in [-0.2, -0.15) is 0 Å². The first-order valence-corrected chi connectivity index (χ1v) is 8.75. The van der Waals surface area contributed by atoms with E-state index in [1.165, 1.54) is 22.2 Å². The number of aromatic nitrogens is 3. The van der Waals surface area contributed by atoms with Gasteiger partial charge in [0.05, 0.1) is 24.4 Å². The van der Waals surface area contributed by atoms with Crippen molar-refractivity contribution in [3.8, 4) is 0 Å². The number of carbonyl (C=O) groups is 4. The molecule has 1 atom stereocenters. The number of fused-ring (bicyclic) bond motifs is 1. The number of hydrogen-bond donors (Lipinski definition) is 3. The molecule has 3 amide bonds. The zero-order chi connectivity index (χ0) is 19.6. The van der Waals surface area contributed by atoms with Crippen LogP contribution in [0.15, 0.2) is 11.7 Å². The fraction of sp³-hybridized carbons (Fsp3) is 0.333. The quantitative estimate of drug-likeness (QED) is 0.578. The van der Waals surface area contributed by atoms with Gasteiger partial charge < -0.3 is 20.4 Å². The van der Waals surface area contributed by atoms with Crippen molar-refractivity contribution in [2.45, 2.75) is 19.9 Å². The maximum absolute atomic E-state index is 12.1. The van der Waals surface area contributed by atoms with Crippen LogP contribution in [0.4, 0.5) is 10.9 Å². The predicted molar refractivity (Wildman–Crippen MR) is 93.9 cm³/mol. The molecule has 2 aromatic heterocycles. The molecule has 0 spiro atoms. The topological polar surface area (TPSA) is 158 Å². The van der Waals surface area contributed by atoms with E-state index in [9.17, 15) is 19.2 Å². The fourth-order valence-electron chi connectivity index (χ4n) is 2.50. The summed E-state index contributed by atoms with van der Waals surface area (Å²) in [5, 5.41) is 7.21. The monoisotopic (exact) mass is 392 g/mol. The predicted octanol–water partition coefficient (Wildman–Crippen LogP) is -0.113. The Balaban J connectivity index is 1.51. The number of aryl methyl sites for hydroxylation is 1. The smallest absolute Gasteiger partial charge is 0.307 e. The molecule has 142 valence electrons. The van der Waals surface area contributed by atoms with Crippen LogP contribution in [0.5, 0.6) is 0 Å². The molecule has 1 aliphatic rings. The molecule has 0 fully saturated rings. The molecule has 0 aliphatic carbocycles. The Morgan fingerprint density at radius 1 is 1.48 bits per heavy atom. The Labute approximate surface area is 156 Å². The van der Waals surface area contributed by atoms with Gasteiger partial charge in [-0.15, -0.1) is 11.3 Å². The van der Waals surface area contributed by atoms with Gasteiger partial charge in [0.25, 0.3) is 11.8 Å². The van der Waals surface area contributed by atoms with Crippen LogP contribution >= 0.6 is 11.3 Å². The van der Waals surface area contributed by atoms with Gasteiger partial charge in [0.2, 0.25) is 5.91 Å². The first-order valence-electron chi connectivity index (χ1n) is 7.87. The summed E-state index contributed by atoms with van der Waals surface area (Å²) in [6, 6.07) is 0. The van der Waals surface area contributed by atoms with Gasteiger partial charge in [-0.25, -0.2) is 9.97 Å². The van der Waals surface area contributed by atoms with Crippen molar-refractivity contribution in [3.05, 3.63) is 23.1 Å². The maximum Gasteiger partial charge on any atom is 0.307 e. The summed E-state index contributed by atoms with van der Waals surface area (Å²) in [5.41, 5.74) is 5.91. The molecule has 4 N–H and O–H groups in total. The van der Waals surface area contributed by atoms with Crippen molar-refractivity contribution >= 4 is 46.0 Å². The van der Waals surface area contributed by atoms with E-state index < -0.39 is 36.2 Å². The molecule has 11 nitrogen and oxygen atoms in total. The van der Waals surface area contributed by atoms with Crippen LogP contribution in [0, 0.1) is 12.8 Å². The number of imidazole rings is 1. The number of nitrogens with two attached hydrogens (primary N) is 1. The largest absolute Gasteiger partial charge is 0.456 e. The van der Waals surface area contributed by atoms with Crippen LogP contribution in [0.25, 0.3) is 0 Å². The highest BCUT2D eigenvalue weighted by atomic mass is 32.1. The van der Waals surface area contributed by atoms with Crippen molar-refractivity contribution in [1.29, 1.82) is 0 Å². The summed E-state index contributed by atoms with van der Waals surface area (Å²) in [6.07, 6.45) is 1.13. The summed E-state index contributed by atoms with van der Waals surface area (Å²) in [6.45, 7) is 1.45. The molecule has 1 unspecified atom stereocenters. The standard InChI is InChI=1S/C15H16N6O5S/c1-7-5-27-15(18-7)19-9(22)4-26-10(23)2-8-3-21-6-17-11(12(16)24)13(21)20-14(8)25/h5-6,8H,2-4H2,1H3,(H2,16,24)(H,20,25)(H,18,19,22). The van der Waals surface area contributed by atoms with E-state index in [-0.39, 0.29) is 24.5 Å². The third-order valence-corrected chi connectivity index (χ3v) is 4.62. The number of nitrogens with one attached hydrogen (secondary N) is 2. The van der Waals surface area contributed by atoms with Crippen LogP contribution in [0.2, 0.25) is 0 Å². The Morgan fingerprint density at radius 3 is 2.93 bits per heavy atom. The maximum atomic E-state index is 12.1. The van der Waals surface area contributed by atoms with E-state index in [1.807, 2.05) is 0 Å². The average Bonchev–Trinajstić information content (AvgIpc) is 3.19. The molecule has 1 aliphatic heterocycles. The SMILES string of the molecule is Cc1csc(NC(=O)COC(=O)CC2Cn3cnc(C(N)=O)c3NC2=O)n1. The van der Waals surface area contributed by atoms with E-state index in [0.717, 1.165) is 5.69 Å². The molecule has 27 heavy (non-hydrogen) atoms. The lowest BCUT2D eigenvalue weighted by molar-refractivity contribution is -0.149. The molecule has 12 heteroatoms. The normalized spacial score (nSPS) is 15.6. The number of amides is 3. The van der Waals surface area contributed by atoms with Crippen LogP contribution in [0.1, 0.15) is 22.6 Å². The number of primary amides is 1. The summed E-state index contributed by atoms with van der Waals surface area (Å²) < 4.78 is 6.44. The molecule has 0 aromatic carbocycles. The van der Waals surface area contributed by atoms with E-state index >= 15 is 0 Å². The third kappa shape index (κ3) is 4.28. The third-order valence-electron chi connectivity index (χ3n) is 3.74. The highest BCUT2D eigenvalue weighted by molar-refractivity contribution is 7.13. The average molecular weight is 392 g/mol. The summed E-state index contributed by atoms with van der Waals surface area (Å²) in [7, 11) is 0. The zero-order valence-electron chi connectivity index (χ0n) is 14.2. The zero-order valence-corrected chi connectivity index (χ0v) is 15.0. The number of thiazole rings is 1. The summed E-state index contributed by atoms with van der Waals surface area (Å²) >= 11 is 1.26. The lowest BCUT2D eigenvalue weighted by atomic mass is 10.0. The number of nitrogens with zero attached hydrogens (tertiary/aromatic N) is 3. The van der Waals surface area contributed by atoms with Crippen LogP contribution in [0.3, 0.4) is 0 Å². The molecule has 0 bridgehead atoms. The van der Waals surface area contributed by atoms with Crippen molar-refractivity contribution in [1.82, 2.24) is 14.5 Å². The van der Waals surface area contributed by atoms with E-state index in [0.29, 0.717) is 5.13 Å². The molecule has 0 radical (unpaired) electrons. The molecule has 2 aromatic rings. The molecule has 3 heterocycles. The van der Waals surface area contributed by atoms with E-state index in [2.05, 4.69) is 20.6 Å². The number of carbonyl (C=O) groups excluding carboxylic acids is 4. The molecular formula is C15H16N6O5S. The summed E-state index contributed by atoms with van der Waals surface area (Å²) in [4.78, 5) is 55.0. The van der Waals surface area contributed by atoms with Crippen LogP contribution in [-0.2, 0) is 25.7 Å². The van der Waals surface area contributed by atoms with E-state index in [4.69, 9.17) is 10.5 Å². The van der Waals surface area contributed by atoms with Crippen molar-refractivity contribution in [2.75, 3.05) is 17.2 Å². The first-order chi connectivity index (χ1) is 12.8. The fourth-order valence-corrected chi connectivity index (χ4v) is 3.21. The molecular weight excluding hydrogens is 376 g/mol. The van der Waals surface area contributed by atoms with E-state index in [1.54, 1.807) is 12.3 Å². The number of hydrogen-bond acceptors (Lipinski definition) is 8. The van der Waals surface area contributed by atoms with Gasteiger partial charge >= 0.3 is 5.97 Å². The van der Waals surface area contributed by atoms with Gasteiger partial charge in [-0.1, -0.05) is 0 Å². The number of rotatable bonds is 6. The molecule has 0 saturated carbocycles. The minimum absolute atomic E-state index is 0.0431. The van der Waals surface area contributed by atoms with Crippen molar-refractivity contribution in [3.63, 3.8) is 0 Å². The highest BCUT2D eigenvalue weighted by Crippen LogP contribution is 2.24. The molecule has 0 saturated heterocycles. The first kappa shape index (κ1) is 18.5. The van der Waals surface area contributed by atoms with Gasteiger partial charge in [0.1, 0.15) is 5.82 Å². The lowest BCUT2D eigenvalue weighted by Crippen LogP contribution is -2.36. The van der Waals surface area contributed by atoms with Gasteiger partial charge in [-0.05, 0) is 6.92 Å². The van der Waals surface area contributed by atoms with Gasteiger partial charge in [-0.3, -0.25) is 24.5 Å². The minimum Gasteiger partial charge on any atom is -0.456 e. The minimum atomic E-state index is -0.761. The van der Waals surface area contributed by atoms with Gasteiger partial charge in [0.15, 0.2) is 17.4 Å². The van der Waals surface area contributed by atoms with Crippen LogP contribution in [-0.4, -0.2) is 44.8 Å². The Kier molecular flexibility index (Phi) is 5.16. The Hall–Kier alpha value is -3.28. The highest BCUT2D eigenvalue weighted by Gasteiger charge is 2.31. The Morgan fingerprint density at radius 2 is 2.26 bits per heavy atom. The number of esters is 1. The second-order valence-corrected chi connectivity index (χ2v) is 6.71. The molecule has 3 rings (SSSR count). The lowest BCUT2D eigenvalue weighted by Gasteiger charge is -2.23. The Bertz CT molecular complexity index is 920. The number of anilines is 2. The van der Waals surface area contributed by atoms with Crippen molar-refractivity contribution < 1.29 is 23.9 Å². The summed E-state index contributed by atoms with van der Waals surface area (Å²) in [5.74, 6) is -2.94. The van der Waals surface area contributed by atoms with Crippen LogP contribution < -0.4 is 16.4 Å². The second-order valence-electron chi connectivity index (χ2n) is 5.85. The second kappa shape index (κ2) is 7.53.